The number of aromatic nitrogens is 2. The maximum Gasteiger partial charge on any atom is 0.416 e. The molecule has 0 N–H and O–H groups in total. The molecule has 0 aliphatic carbocycles. The molecule has 0 atom stereocenters. The van der Waals surface area contributed by atoms with Crippen molar-refractivity contribution in [3.05, 3.63) is 54.1 Å². The van der Waals surface area contributed by atoms with E-state index in [4.69, 9.17) is 4.52 Å². The van der Waals surface area contributed by atoms with Gasteiger partial charge in [-0.25, -0.2) is 0 Å². The molecule has 3 aromatic rings. The molecule has 24 heavy (non-hydrogen) atoms. The van der Waals surface area contributed by atoms with Gasteiger partial charge in [-0.15, -0.1) is 0 Å². The van der Waals surface area contributed by atoms with E-state index in [0.717, 1.165) is 23.4 Å². The summed E-state index contributed by atoms with van der Waals surface area (Å²) in [6.07, 6.45) is -4.37. The minimum absolute atomic E-state index is 0.176. The molecule has 0 bridgehead atoms. The molecular formula is C17H14F3N3O. The molecular weight excluding hydrogens is 319 g/mol. The minimum Gasteiger partial charge on any atom is -0.378 e. The summed E-state index contributed by atoms with van der Waals surface area (Å²) < 4.78 is 42.9. The monoisotopic (exact) mass is 333 g/mol. The van der Waals surface area contributed by atoms with Gasteiger partial charge < -0.3 is 9.42 Å². The van der Waals surface area contributed by atoms with Gasteiger partial charge in [-0.1, -0.05) is 5.16 Å². The lowest BCUT2D eigenvalue weighted by Crippen LogP contribution is -2.07. The van der Waals surface area contributed by atoms with Crippen LogP contribution in [0.25, 0.3) is 22.8 Å². The molecule has 4 nitrogen and oxygen atoms in total. The number of halogens is 3. The number of benzene rings is 2. The van der Waals surface area contributed by atoms with Gasteiger partial charge in [-0.2, -0.15) is 18.2 Å². The van der Waals surface area contributed by atoms with Crippen LogP contribution >= 0.6 is 0 Å². The van der Waals surface area contributed by atoms with Crippen molar-refractivity contribution in [1.29, 1.82) is 0 Å². The first kappa shape index (κ1) is 16.0. The minimum atomic E-state index is -4.37. The Hall–Kier alpha value is -2.83. The molecule has 0 aliphatic rings. The van der Waals surface area contributed by atoms with E-state index in [1.165, 1.54) is 12.1 Å². The quantitative estimate of drug-likeness (QED) is 0.708. The Morgan fingerprint density at radius 3 is 2.00 bits per heavy atom. The fourth-order valence-electron chi connectivity index (χ4n) is 2.17. The lowest BCUT2D eigenvalue weighted by atomic mass is 10.1. The Balaban J connectivity index is 1.85. The molecule has 0 unspecified atom stereocenters. The Morgan fingerprint density at radius 1 is 0.875 bits per heavy atom. The molecule has 1 heterocycles. The van der Waals surface area contributed by atoms with Crippen molar-refractivity contribution in [1.82, 2.24) is 10.1 Å². The second kappa shape index (κ2) is 5.99. The summed E-state index contributed by atoms with van der Waals surface area (Å²) in [5.41, 5.74) is 1.52. The zero-order chi connectivity index (χ0) is 17.3. The third-order valence-electron chi connectivity index (χ3n) is 3.53. The molecule has 0 saturated heterocycles. The normalized spacial score (nSPS) is 11.5. The van der Waals surface area contributed by atoms with Crippen LogP contribution in [-0.2, 0) is 6.18 Å². The maximum absolute atomic E-state index is 12.6. The molecule has 0 saturated carbocycles. The number of alkyl halides is 3. The van der Waals surface area contributed by atoms with Crippen LogP contribution in [0.3, 0.4) is 0 Å². The lowest BCUT2D eigenvalue weighted by Gasteiger charge is -2.11. The molecule has 1 aromatic heterocycles. The molecule has 0 fully saturated rings. The van der Waals surface area contributed by atoms with Crippen molar-refractivity contribution in [2.75, 3.05) is 19.0 Å². The van der Waals surface area contributed by atoms with Gasteiger partial charge in [0, 0.05) is 30.9 Å². The largest absolute Gasteiger partial charge is 0.416 e. The van der Waals surface area contributed by atoms with Crippen LogP contribution in [0.4, 0.5) is 18.9 Å². The van der Waals surface area contributed by atoms with Crippen molar-refractivity contribution < 1.29 is 17.7 Å². The van der Waals surface area contributed by atoms with E-state index in [-0.39, 0.29) is 5.89 Å². The first-order chi connectivity index (χ1) is 11.3. The van der Waals surface area contributed by atoms with Gasteiger partial charge in [0.2, 0.25) is 5.82 Å². The number of hydrogen-bond acceptors (Lipinski definition) is 4. The van der Waals surface area contributed by atoms with E-state index < -0.39 is 11.7 Å². The smallest absolute Gasteiger partial charge is 0.378 e. The van der Waals surface area contributed by atoms with Crippen LogP contribution in [-0.4, -0.2) is 24.2 Å². The fourth-order valence-corrected chi connectivity index (χ4v) is 2.17. The highest BCUT2D eigenvalue weighted by atomic mass is 19.4. The van der Waals surface area contributed by atoms with E-state index in [0.29, 0.717) is 11.4 Å². The summed E-state index contributed by atoms with van der Waals surface area (Å²) in [6.45, 7) is 0. The standard InChI is InChI=1S/C17H14F3N3O/c1-23(2)14-9-5-11(6-10-14)15-21-16(24-22-15)12-3-7-13(8-4-12)17(18,19)20/h3-10H,1-2H3. The van der Waals surface area contributed by atoms with Gasteiger partial charge in [-0.3, -0.25) is 0 Å². The van der Waals surface area contributed by atoms with Gasteiger partial charge in [-0.05, 0) is 48.5 Å². The summed E-state index contributed by atoms with van der Waals surface area (Å²) in [7, 11) is 3.87. The zero-order valence-electron chi connectivity index (χ0n) is 13.0. The Labute approximate surface area is 136 Å². The molecule has 3 rings (SSSR count). The van der Waals surface area contributed by atoms with Crippen molar-refractivity contribution in [3.63, 3.8) is 0 Å². The number of hydrogen-bond donors (Lipinski definition) is 0. The van der Waals surface area contributed by atoms with E-state index >= 15 is 0 Å². The van der Waals surface area contributed by atoms with Gasteiger partial charge >= 0.3 is 6.18 Å². The summed E-state index contributed by atoms with van der Waals surface area (Å²) in [6, 6.07) is 12.2. The summed E-state index contributed by atoms with van der Waals surface area (Å²) in [5.74, 6) is 0.561. The summed E-state index contributed by atoms with van der Waals surface area (Å²) >= 11 is 0. The zero-order valence-corrected chi connectivity index (χ0v) is 13.0. The van der Waals surface area contributed by atoms with Crippen molar-refractivity contribution in [2.45, 2.75) is 6.18 Å². The first-order valence-corrected chi connectivity index (χ1v) is 7.14. The topological polar surface area (TPSA) is 42.2 Å². The lowest BCUT2D eigenvalue weighted by molar-refractivity contribution is -0.137. The summed E-state index contributed by atoms with van der Waals surface area (Å²) in [4.78, 5) is 6.21. The molecule has 0 amide bonds. The molecule has 2 aromatic carbocycles. The third kappa shape index (κ3) is 3.24. The highest BCUT2D eigenvalue weighted by molar-refractivity contribution is 5.62. The molecule has 7 heteroatoms. The van der Waals surface area contributed by atoms with Crippen LogP contribution < -0.4 is 4.90 Å². The second-order valence-corrected chi connectivity index (χ2v) is 5.44. The van der Waals surface area contributed by atoms with Crippen molar-refractivity contribution >= 4 is 5.69 Å². The van der Waals surface area contributed by atoms with Crippen LogP contribution in [0.1, 0.15) is 5.56 Å². The Kier molecular flexibility index (Phi) is 4.01. The van der Waals surface area contributed by atoms with E-state index in [1.807, 2.05) is 43.3 Å². The van der Waals surface area contributed by atoms with Crippen molar-refractivity contribution in [2.24, 2.45) is 0 Å². The second-order valence-electron chi connectivity index (χ2n) is 5.44. The van der Waals surface area contributed by atoms with Crippen LogP contribution in [0.2, 0.25) is 0 Å². The highest BCUT2D eigenvalue weighted by Gasteiger charge is 2.30. The Bertz CT molecular complexity index is 822. The predicted molar refractivity (Wildman–Crippen MR) is 84.5 cm³/mol. The number of nitrogens with zero attached hydrogens (tertiary/aromatic N) is 3. The van der Waals surface area contributed by atoms with Crippen LogP contribution in [0, 0.1) is 0 Å². The number of anilines is 1. The average molecular weight is 333 g/mol. The maximum atomic E-state index is 12.6. The fraction of sp³-hybridized carbons (Fsp3) is 0.176. The van der Waals surface area contributed by atoms with Crippen LogP contribution in [0.15, 0.2) is 53.1 Å². The van der Waals surface area contributed by atoms with E-state index in [9.17, 15) is 13.2 Å². The van der Waals surface area contributed by atoms with Gasteiger partial charge in [0.15, 0.2) is 0 Å². The highest BCUT2D eigenvalue weighted by Crippen LogP contribution is 2.31. The van der Waals surface area contributed by atoms with Gasteiger partial charge in [0.1, 0.15) is 0 Å². The van der Waals surface area contributed by atoms with Crippen LogP contribution in [0.5, 0.6) is 0 Å². The Morgan fingerprint density at radius 2 is 1.46 bits per heavy atom. The van der Waals surface area contributed by atoms with Gasteiger partial charge in [0.05, 0.1) is 5.56 Å². The molecule has 0 aliphatic heterocycles. The predicted octanol–water partition coefficient (Wildman–Crippen LogP) is 4.49. The van der Waals surface area contributed by atoms with E-state index in [2.05, 4.69) is 10.1 Å². The molecule has 0 spiro atoms. The van der Waals surface area contributed by atoms with E-state index in [1.54, 1.807) is 0 Å². The average Bonchev–Trinajstić information content (AvgIpc) is 3.04. The number of rotatable bonds is 3. The summed E-state index contributed by atoms with van der Waals surface area (Å²) in [5, 5.41) is 3.89. The molecule has 0 radical (unpaired) electrons. The molecule has 124 valence electrons. The SMILES string of the molecule is CN(C)c1ccc(-c2noc(-c3ccc(C(F)(F)F)cc3)n2)cc1. The first-order valence-electron chi connectivity index (χ1n) is 7.14. The van der Waals surface area contributed by atoms with Gasteiger partial charge in [0.25, 0.3) is 5.89 Å². The third-order valence-corrected chi connectivity index (χ3v) is 3.53. The van der Waals surface area contributed by atoms with Crippen molar-refractivity contribution in [3.8, 4) is 22.8 Å².